The van der Waals surface area contributed by atoms with E-state index in [1.807, 2.05) is 6.07 Å². The molecule has 3 N–H and O–H groups in total. The van der Waals surface area contributed by atoms with Crippen molar-refractivity contribution in [2.75, 3.05) is 17.2 Å². The Balaban J connectivity index is 1.49. The molecule has 8 heteroatoms. The summed E-state index contributed by atoms with van der Waals surface area (Å²) in [5.41, 5.74) is 4.03. The van der Waals surface area contributed by atoms with Gasteiger partial charge in [0.15, 0.2) is 0 Å². The van der Waals surface area contributed by atoms with E-state index in [0.29, 0.717) is 5.92 Å². The molecular weight excluding hydrogens is 367 g/mol. The summed E-state index contributed by atoms with van der Waals surface area (Å²) in [7, 11) is 0. The van der Waals surface area contributed by atoms with Crippen molar-refractivity contribution >= 4 is 17.5 Å². The van der Waals surface area contributed by atoms with Crippen LogP contribution in [0.1, 0.15) is 53.9 Å². The normalized spacial score (nSPS) is 19.2. The molecule has 3 aliphatic rings. The van der Waals surface area contributed by atoms with E-state index in [9.17, 15) is 13.2 Å². The van der Waals surface area contributed by atoms with Crippen molar-refractivity contribution in [2.24, 2.45) is 0 Å². The first-order valence-electron chi connectivity index (χ1n) is 9.82. The standard InChI is InChI=1S/C20H22F3N5/c21-20(22,23)15-10-25-19(28-18(15)26-13-4-5-13)27-16-6-3-11-7-8-24-9-14(11)17(16)12-1-2-12/h3,6,10,12-13,24H,1-2,4-5,7-9H2,(H2,25,26,27,28). The molecule has 0 unspecified atom stereocenters. The van der Waals surface area contributed by atoms with E-state index < -0.39 is 11.7 Å². The Morgan fingerprint density at radius 2 is 1.93 bits per heavy atom. The third-order valence-electron chi connectivity index (χ3n) is 5.57. The summed E-state index contributed by atoms with van der Waals surface area (Å²) in [6, 6.07) is 4.20. The van der Waals surface area contributed by atoms with Crippen LogP contribution in [0, 0.1) is 0 Å². The molecular formula is C20H22F3N5. The van der Waals surface area contributed by atoms with Gasteiger partial charge in [-0.25, -0.2) is 4.98 Å². The van der Waals surface area contributed by atoms with Crippen LogP contribution in [0.2, 0.25) is 0 Å². The van der Waals surface area contributed by atoms with Crippen molar-refractivity contribution in [3.05, 3.63) is 40.6 Å². The van der Waals surface area contributed by atoms with Gasteiger partial charge in [0.1, 0.15) is 11.4 Å². The fraction of sp³-hybridized carbons (Fsp3) is 0.500. The second-order valence-corrected chi connectivity index (χ2v) is 7.86. The largest absolute Gasteiger partial charge is 0.421 e. The average molecular weight is 389 g/mol. The fourth-order valence-corrected chi connectivity index (χ4v) is 3.84. The Morgan fingerprint density at radius 3 is 2.64 bits per heavy atom. The van der Waals surface area contributed by atoms with E-state index in [1.54, 1.807) is 0 Å². The molecule has 1 aromatic carbocycles. The number of benzene rings is 1. The first-order valence-corrected chi connectivity index (χ1v) is 9.82. The van der Waals surface area contributed by atoms with E-state index in [0.717, 1.165) is 57.1 Å². The summed E-state index contributed by atoms with van der Waals surface area (Å²) in [6.07, 6.45) is 1.42. The molecule has 2 aromatic rings. The lowest BCUT2D eigenvalue weighted by atomic mass is 9.92. The molecule has 0 atom stereocenters. The predicted molar refractivity (Wildman–Crippen MR) is 101 cm³/mol. The fourth-order valence-electron chi connectivity index (χ4n) is 3.84. The van der Waals surface area contributed by atoms with Gasteiger partial charge < -0.3 is 16.0 Å². The van der Waals surface area contributed by atoms with Gasteiger partial charge in [-0.1, -0.05) is 6.07 Å². The molecule has 0 saturated heterocycles. The van der Waals surface area contributed by atoms with E-state index >= 15 is 0 Å². The van der Waals surface area contributed by atoms with Crippen LogP contribution in [0.4, 0.5) is 30.6 Å². The molecule has 2 aliphatic carbocycles. The van der Waals surface area contributed by atoms with E-state index in [2.05, 4.69) is 32.0 Å². The van der Waals surface area contributed by atoms with E-state index in [1.165, 1.54) is 16.7 Å². The Labute approximate surface area is 161 Å². The maximum Gasteiger partial charge on any atom is 0.421 e. The second kappa shape index (κ2) is 6.62. The summed E-state index contributed by atoms with van der Waals surface area (Å²) >= 11 is 0. The molecule has 1 aliphatic heterocycles. The first kappa shape index (κ1) is 17.7. The summed E-state index contributed by atoms with van der Waals surface area (Å²) in [5.74, 6) is 0.567. The van der Waals surface area contributed by atoms with Crippen LogP contribution in [0.15, 0.2) is 18.3 Å². The number of alkyl halides is 3. The Morgan fingerprint density at radius 1 is 1.11 bits per heavy atom. The van der Waals surface area contributed by atoms with Crippen LogP contribution in [0.3, 0.4) is 0 Å². The number of nitrogens with zero attached hydrogens (tertiary/aromatic N) is 2. The van der Waals surface area contributed by atoms with Gasteiger partial charge >= 0.3 is 6.18 Å². The lowest BCUT2D eigenvalue weighted by molar-refractivity contribution is -0.137. The van der Waals surface area contributed by atoms with Crippen molar-refractivity contribution in [3.8, 4) is 0 Å². The van der Waals surface area contributed by atoms with Crippen LogP contribution >= 0.6 is 0 Å². The number of nitrogens with one attached hydrogen (secondary N) is 3. The monoisotopic (exact) mass is 389 g/mol. The van der Waals surface area contributed by atoms with Gasteiger partial charge in [-0.3, -0.25) is 0 Å². The number of aromatic nitrogens is 2. The second-order valence-electron chi connectivity index (χ2n) is 7.86. The molecule has 2 heterocycles. The molecule has 148 valence electrons. The zero-order valence-corrected chi connectivity index (χ0v) is 15.4. The summed E-state index contributed by atoms with van der Waals surface area (Å²) in [4.78, 5) is 8.14. The topological polar surface area (TPSA) is 61.9 Å². The van der Waals surface area contributed by atoms with E-state index in [4.69, 9.17) is 0 Å². The van der Waals surface area contributed by atoms with Gasteiger partial charge in [0.2, 0.25) is 5.95 Å². The van der Waals surface area contributed by atoms with Crippen molar-refractivity contribution in [1.82, 2.24) is 15.3 Å². The Bertz CT molecular complexity index is 903. The molecule has 2 saturated carbocycles. The highest BCUT2D eigenvalue weighted by atomic mass is 19.4. The van der Waals surface area contributed by atoms with Crippen LogP contribution < -0.4 is 16.0 Å². The van der Waals surface area contributed by atoms with Gasteiger partial charge in [-0.2, -0.15) is 18.2 Å². The smallest absolute Gasteiger partial charge is 0.367 e. The van der Waals surface area contributed by atoms with Crippen molar-refractivity contribution in [2.45, 2.75) is 56.8 Å². The van der Waals surface area contributed by atoms with Crippen molar-refractivity contribution < 1.29 is 13.2 Å². The SMILES string of the molecule is FC(F)(F)c1cnc(Nc2ccc3c(c2C2CC2)CNCC3)nc1NC1CC1. The number of halogens is 3. The van der Waals surface area contributed by atoms with Gasteiger partial charge in [0.25, 0.3) is 0 Å². The number of rotatable bonds is 5. The van der Waals surface area contributed by atoms with Crippen LogP contribution in [-0.2, 0) is 19.1 Å². The number of anilines is 3. The quantitative estimate of drug-likeness (QED) is 0.710. The highest BCUT2D eigenvalue weighted by Gasteiger charge is 2.37. The van der Waals surface area contributed by atoms with Crippen molar-refractivity contribution in [3.63, 3.8) is 0 Å². The molecule has 0 bridgehead atoms. The third kappa shape index (κ3) is 3.53. The zero-order chi connectivity index (χ0) is 19.3. The van der Waals surface area contributed by atoms with Crippen LogP contribution in [-0.4, -0.2) is 22.6 Å². The van der Waals surface area contributed by atoms with Crippen molar-refractivity contribution in [1.29, 1.82) is 0 Å². The molecule has 28 heavy (non-hydrogen) atoms. The summed E-state index contributed by atoms with van der Waals surface area (Å²) in [6.45, 7) is 1.81. The summed E-state index contributed by atoms with van der Waals surface area (Å²) < 4.78 is 39.9. The Kier molecular flexibility index (Phi) is 4.19. The first-order chi connectivity index (χ1) is 13.5. The zero-order valence-electron chi connectivity index (χ0n) is 15.4. The van der Waals surface area contributed by atoms with Gasteiger partial charge in [0, 0.05) is 24.5 Å². The highest BCUT2D eigenvalue weighted by Crippen LogP contribution is 2.47. The highest BCUT2D eigenvalue weighted by molar-refractivity contribution is 5.66. The average Bonchev–Trinajstić information content (AvgIpc) is 3.56. The lowest BCUT2D eigenvalue weighted by Crippen LogP contribution is -2.25. The minimum atomic E-state index is -4.48. The van der Waals surface area contributed by atoms with Gasteiger partial charge in [-0.15, -0.1) is 0 Å². The van der Waals surface area contributed by atoms with Crippen LogP contribution in [0.5, 0.6) is 0 Å². The minimum Gasteiger partial charge on any atom is -0.367 e. The van der Waals surface area contributed by atoms with Crippen LogP contribution in [0.25, 0.3) is 0 Å². The molecule has 5 rings (SSSR count). The van der Waals surface area contributed by atoms with Gasteiger partial charge in [0.05, 0.1) is 0 Å². The van der Waals surface area contributed by atoms with E-state index in [-0.39, 0.29) is 17.8 Å². The number of fused-ring (bicyclic) bond motifs is 1. The summed E-state index contributed by atoms with van der Waals surface area (Å²) in [5, 5.41) is 9.52. The third-order valence-corrected chi connectivity index (χ3v) is 5.57. The molecule has 2 fully saturated rings. The maximum atomic E-state index is 13.3. The number of hydrogen-bond acceptors (Lipinski definition) is 5. The molecule has 1 aromatic heterocycles. The maximum absolute atomic E-state index is 13.3. The molecule has 5 nitrogen and oxygen atoms in total. The molecule has 0 spiro atoms. The number of hydrogen-bond donors (Lipinski definition) is 3. The predicted octanol–water partition coefficient (Wildman–Crippen LogP) is 4.34. The Hall–Kier alpha value is -2.35. The molecule has 0 amide bonds. The lowest BCUT2D eigenvalue weighted by Gasteiger charge is -2.23. The minimum absolute atomic E-state index is 0.0701. The van der Waals surface area contributed by atoms with Gasteiger partial charge in [-0.05, 0) is 67.3 Å². The molecule has 0 radical (unpaired) electrons.